The van der Waals surface area contributed by atoms with Gasteiger partial charge in [-0.05, 0) is 6.42 Å². The van der Waals surface area contributed by atoms with Crippen molar-refractivity contribution in [1.82, 2.24) is 10.1 Å². The molecule has 1 rings (SSSR count). The number of alkyl halides is 1. The number of aromatic nitrogens is 2. The highest BCUT2D eigenvalue weighted by Gasteiger charge is 2.02. The van der Waals surface area contributed by atoms with E-state index in [0.717, 1.165) is 25.1 Å². The van der Waals surface area contributed by atoms with Gasteiger partial charge in [0.25, 0.3) is 0 Å². The Kier molecular flexibility index (Phi) is 3.36. The second-order valence-corrected chi connectivity index (χ2v) is 2.63. The number of hydrogen-bond donors (Lipinski definition) is 0. The van der Waals surface area contributed by atoms with Gasteiger partial charge < -0.3 is 4.52 Å². The van der Waals surface area contributed by atoms with E-state index in [0.29, 0.717) is 11.8 Å². The molecule has 62 valence electrons. The van der Waals surface area contributed by atoms with Crippen molar-refractivity contribution in [3.8, 4) is 0 Å². The van der Waals surface area contributed by atoms with Crippen LogP contribution in [0.4, 0.5) is 0 Å². The van der Waals surface area contributed by atoms with Gasteiger partial charge in [-0.25, -0.2) is 0 Å². The van der Waals surface area contributed by atoms with E-state index in [2.05, 4.69) is 10.1 Å². The monoisotopic (exact) mass is 174 g/mol. The summed E-state index contributed by atoms with van der Waals surface area (Å²) >= 11 is 5.50. The summed E-state index contributed by atoms with van der Waals surface area (Å²) in [5.41, 5.74) is 0. The van der Waals surface area contributed by atoms with Crippen molar-refractivity contribution >= 4 is 11.6 Å². The van der Waals surface area contributed by atoms with Crippen LogP contribution < -0.4 is 0 Å². The fourth-order valence-corrected chi connectivity index (χ4v) is 0.887. The Morgan fingerprint density at radius 3 is 2.91 bits per heavy atom. The van der Waals surface area contributed by atoms with E-state index in [1.807, 2.05) is 6.92 Å². The molecule has 1 heterocycles. The highest BCUT2D eigenvalue weighted by Crippen LogP contribution is 2.01. The predicted molar refractivity (Wildman–Crippen MR) is 42.7 cm³/mol. The number of aryl methyl sites for hydroxylation is 2. The van der Waals surface area contributed by atoms with Gasteiger partial charge in [0.1, 0.15) is 0 Å². The van der Waals surface area contributed by atoms with Crippen LogP contribution >= 0.6 is 11.6 Å². The molecular formula is C7H11ClN2O. The van der Waals surface area contributed by atoms with Crippen LogP contribution in [0, 0.1) is 0 Å². The van der Waals surface area contributed by atoms with Gasteiger partial charge in [0.05, 0.1) is 0 Å². The third-order valence-electron chi connectivity index (χ3n) is 1.35. The number of rotatable bonds is 4. The van der Waals surface area contributed by atoms with E-state index in [-0.39, 0.29) is 0 Å². The molecule has 0 fully saturated rings. The lowest BCUT2D eigenvalue weighted by molar-refractivity contribution is 0.372. The topological polar surface area (TPSA) is 38.9 Å². The van der Waals surface area contributed by atoms with Crippen LogP contribution in [-0.4, -0.2) is 16.0 Å². The van der Waals surface area contributed by atoms with E-state index in [9.17, 15) is 0 Å². The lowest BCUT2D eigenvalue weighted by Gasteiger charge is -1.86. The van der Waals surface area contributed by atoms with E-state index >= 15 is 0 Å². The molecule has 1 aromatic heterocycles. The van der Waals surface area contributed by atoms with Gasteiger partial charge in [0.15, 0.2) is 5.82 Å². The van der Waals surface area contributed by atoms with Gasteiger partial charge in [0.2, 0.25) is 5.89 Å². The van der Waals surface area contributed by atoms with E-state index in [1.165, 1.54) is 0 Å². The Labute approximate surface area is 70.7 Å². The molecule has 11 heavy (non-hydrogen) atoms. The zero-order valence-electron chi connectivity index (χ0n) is 6.51. The van der Waals surface area contributed by atoms with E-state index in [1.54, 1.807) is 0 Å². The van der Waals surface area contributed by atoms with Crippen LogP contribution in [0.15, 0.2) is 4.52 Å². The lowest BCUT2D eigenvalue weighted by Crippen LogP contribution is -1.87. The van der Waals surface area contributed by atoms with Crippen molar-refractivity contribution in [2.45, 2.75) is 26.2 Å². The molecular weight excluding hydrogens is 164 g/mol. The first-order valence-electron chi connectivity index (χ1n) is 3.74. The van der Waals surface area contributed by atoms with Crippen molar-refractivity contribution < 1.29 is 4.52 Å². The van der Waals surface area contributed by atoms with Crippen molar-refractivity contribution in [3.63, 3.8) is 0 Å². The summed E-state index contributed by atoms with van der Waals surface area (Å²) in [6.07, 6.45) is 2.51. The minimum atomic E-state index is 0.643. The first-order chi connectivity index (χ1) is 5.36. The molecule has 0 N–H and O–H groups in total. The molecule has 4 heteroatoms. The summed E-state index contributed by atoms with van der Waals surface area (Å²) in [7, 11) is 0. The Balaban J connectivity index is 2.44. The summed E-state index contributed by atoms with van der Waals surface area (Å²) < 4.78 is 4.94. The fraction of sp³-hybridized carbons (Fsp3) is 0.714. The maximum Gasteiger partial charge on any atom is 0.226 e. The average molecular weight is 175 g/mol. The maximum absolute atomic E-state index is 5.50. The van der Waals surface area contributed by atoms with Crippen molar-refractivity contribution in [2.75, 3.05) is 5.88 Å². The van der Waals surface area contributed by atoms with E-state index < -0.39 is 0 Å². The van der Waals surface area contributed by atoms with Crippen molar-refractivity contribution in [2.24, 2.45) is 0 Å². The smallest absolute Gasteiger partial charge is 0.226 e. The first-order valence-corrected chi connectivity index (χ1v) is 4.27. The molecule has 0 saturated carbocycles. The molecule has 0 spiro atoms. The minimum Gasteiger partial charge on any atom is -0.339 e. The summed E-state index contributed by atoms with van der Waals surface area (Å²) in [5, 5.41) is 3.76. The highest BCUT2D eigenvalue weighted by atomic mass is 35.5. The molecule has 0 unspecified atom stereocenters. The molecule has 0 amide bonds. The summed E-state index contributed by atoms with van der Waals surface area (Å²) in [6.45, 7) is 2.00. The number of hydrogen-bond acceptors (Lipinski definition) is 3. The van der Waals surface area contributed by atoms with Crippen molar-refractivity contribution in [1.29, 1.82) is 0 Å². The third-order valence-corrected chi connectivity index (χ3v) is 1.62. The van der Waals surface area contributed by atoms with Crippen LogP contribution in [0.25, 0.3) is 0 Å². The largest absolute Gasteiger partial charge is 0.339 e. The van der Waals surface area contributed by atoms with Crippen LogP contribution in [0.3, 0.4) is 0 Å². The third kappa shape index (κ3) is 2.50. The Hall–Kier alpha value is -0.570. The van der Waals surface area contributed by atoms with Crippen LogP contribution in [0.2, 0.25) is 0 Å². The standard InChI is InChI=1S/C7H11ClN2O/c1-2-6-9-7(11-10-6)4-3-5-8/h2-5H2,1H3. The van der Waals surface area contributed by atoms with Crippen LogP contribution in [0.5, 0.6) is 0 Å². The quantitative estimate of drug-likeness (QED) is 0.654. The molecule has 0 aliphatic rings. The molecule has 1 aromatic rings. The number of nitrogens with zero attached hydrogens (tertiary/aromatic N) is 2. The van der Waals surface area contributed by atoms with Gasteiger partial charge >= 0.3 is 0 Å². The molecule has 0 aliphatic carbocycles. The Bertz CT molecular complexity index is 212. The Morgan fingerprint density at radius 2 is 2.36 bits per heavy atom. The first kappa shape index (κ1) is 8.53. The average Bonchev–Trinajstić information content (AvgIpc) is 2.48. The SMILES string of the molecule is CCc1noc(CCCCl)n1. The van der Waals surface area contributed by atoms with Crippen LogP contribution in [0.1, 0.15) is 25.1 Å². The summed E-state index contributed by atoms with van der Waals surface area (Å²) in [4.78, 5) is 4.13. The fourth-order valence-electron chi connectivity index (χ4n) is 0.753. The van der Waals surface area contributed by atoms with E-state index in [4.69, 9.17) is 16.1 Å². The van der Waals surface area contributed by atoms with Gasteiger partial charge in [0, 0.05) is 18.7 Å². The highest BCUT2D eigenvalue weighted by molar-refractivity contribution is 6.17. The molecule has 0 bridgehead atoms. The van der Waals surface area contributed by atoms with Crippen molar-refractivity contribution in [3.05, 3.63) is 11.7 Å². The predicted octanol–water partition coefficient (Wildman–Crippen LogP) is 1.80. The molecule has 3 nitrogen and oxygen atoms in total. The Morgan fingerprint density at radius 1 is 1.55 bits per heavy atom. The molecule has 0 atom stereocenters. The summed E-state index contributed by atoms with van der Waals surface area (Å²) in [6, 6.07) is 0. The van der Waals surface area contributed by atoms with Gasteiger partial charge in [-0.3, -0.25) is 0 Å². The molecule has 0 saturated heterocycles. The number of halogens is 1. The molecule has 0 radical (unpaired) electrons. The van der Waals surface area contributed by atoms with Crippen LogP contribution in [-0.2, 0) is 12.8 Å². The zero-order chi connectivity index (χ0) is 8.10. The normalized spacial score (nSPS) is 10.4. The van der Waals surface area contributed by atoms with Gasteiger partial charge in [-0.1, -0.05) is 12.1 Å². The minimum absolute atomic E-state index is 0.643. The second-order valence-electron chi connectivity index (χ2n) is 2.25. The second kappa shape index (κ2) is 4.34. The lowest BCUT2D eigenvalue weighted by atomic mass is 10.3. The van der Waals surface area contributed by atoms with Gasteiger partial charge in [-0.2, -0.15) is 4.98 Å². The molecule has 0 aliphatic heterocycles. The van der Waals surface area contributed by atoms with Gasteiger partial charge in [-0.15, -0.1) is 11.6 Å². The molecule has 0 aromatic carbocycles. The summed E-state index contributed by atoms with van der Waals surface area (Å²) in [5.74, 6) is 2.11. The zero-order valence-corrected chi connectivity index (χ0v) is 7.26. The maximum atomic E-state index is 5.50.